The van der Waals surface area contributed by atoms with Gasteiger partial charge in [-0.25, -0.2) is 0 Å². The Balaban J connectivity index is 1.69. The van der Waals surface area contributed by atoms with Crippen molar-refractivity contribution in [1.29, 1.82) is 0 Å². The fraction of sp³-hybridized carbons (Fsp3) is 0.286. The number of amides is 1. The number of benzene rings is 1. The number of carbonyl (C=O) groups is 1. The van der Waals surface area contributed by atoms with E-state index in [1.165, 1.54) is 0 Å². The zero-order valence-corrected chi connectivity index (χ0v) is 11.3. The molecule has 0 unspecified atom stereocenters. The fourth-order valence-electron chi connectivity index (χ4n) is 2.03. The summed E-state index contributed by atoms with van der Waals surface area (Å²) in [5.74, 6) is 1.13. The third-order valence-corrected chi connectivity index (χ3v) is 3.41. The highest BCUT2D eigenvalue weighted by Gasteiger charge is 2.16. The van der Waals surface area contributed by atoms with Gasteiger partial charge in [-0.15, -0.1) is 0 Å². The van der Waals surface area contributed by atoms with Crippen LogP contribution in [-0.4, -0.2) is 22.5 Å². The molecule has 1 aromatic carbocycles. The monoisotopic (exact) mass is 273 g/mol. The number of hydrogen-bond donors (Lipinski definition) is 1. The number of fused-ring (bicyclic) bond motifs is 1. The van der Waals surface area contributed by atoms with Crippen LogP contribution in [0.15, 0.2) is 24.4 Å². The number of hydrogen-bond acceptors (Lipinski definition) is 4. The lowest BCUT2D eigenvalue weighted by atomic mass is 10.2. The Kier molecular flexibility index (Phi) is 3.06. The van der Waals surface area contributed by atoms with Gasteiger partial charge in [0.25, 0.3) is 5.91 Å². The normalized spacial score (nSPS) is 12.5. The van der Waals surface area contributed by atoms with Gasteiger partial charge in [-0.2, -0.15) is 5.10 Å². The number of ether oxygens (including phenoxy) is 2. The number of nitrogens with zero attached hydrogens (tertiary/aromatic N) is 2. The summed E-state index contributed by atoms with van der Waals surface area (Å²) in [6.07, 6.45) is 1.76. The van der Waals surface area contributed by atoms with E-state index < -0.39 is 0 Å². The van der Waals surface area contributed by atoms with Gasteiger partial charge >= 0.3 is 0 Å². The molecule has 1 N–H and O–H groups in total. The molecule has 0 radical (unpaired) electrons. The minimum Gasteiger partial charge on any atom is -0.454 e. The first kappa shape index (κ1) is 12.5. The quantitative estimate of drug-likeness (QED) is 0.917. The predicted molar refractivity (Wildman–Crippen MR) is 71.7 cm³/mol. The highest BCUT2D eigenvalue weighted by molar-refractivity contribution is 5.94. The topological polar surface area (TPSA) is 65.4 Å². The van der Waals surface area contributed by atoms with Crippen molar-refractivity contribution in [1.82, 2.24) is 15.1 Å². The fourth-order valence-corrected chi connectivity index (χ4v) is 2.03. The van der Waals surface area contributed by atoms with Crippen LogP contribution < -0.4 is 14.8 Å². The highest BCUT2D eigenvalue weighted by atomic mass is 16.7. The highest BCUT2D eigenvalue weighted by Crippen LogP contribution is 2.32. The van der Waals surface area contributed by atoms with Crippen LogP contribution in [0.25, 0.3) is 0 Å². The third-order valence-electron chi connectivity index (χ3n) is 3.41. The maximum Gasteiger partial charge on any atom is 0.251 e. The van der Waals surface area contributed by atoms with Crippen LogP contribution in [0, 0.1) is 6.92 Å². The molecule has 0 spiro atoms. The first-order valence-corrected chi connectivity index (χ1v) is 6.30. The number of nitrogens with one attached hydrogen (secondary N) is 1. The van der Waals surface area contributed by atoms with E-state index in [0.717, 1.165) is 11.3 Å². The van der Waals surface area contributed by atoms with E-state index in [1.807, 2.05) is 14.0 Å². The van der Waals surface area contributed by atoms with Crippen LogP contribution in [0.2, 0.25) is 0 Å². The summed E-state index contributed by atoms with van der Waals surface area (Å²) in [5, 5.41) is 7.01. The molecular weight excluding hydrogens is 258 g/mol. The third kappa shape index (κ3) is 2.20. The zero-order valence-electron chi connectivity index (χ0n) is 11.3. The minimum absolute atomic E-state index is 0.147. The number of aromatic nitrogens is 2. The second-order valence-electron chi connectivity index (χ2n) is 4.63. The molecule has 1 aromatic heterocycles. The molecule has 0 saturated carbocycles. The Morgan fingerprint density at radius 1 is 1.40 bits per heavy atom. The molecule has 104 valence electrons. The molecule has 0 aliphatic carbocycles. The van der Waals surface area contributed by atoms with Crippen molar-refractivity contribution in [3.8, 4) is 11.5 Å². The van der Waals surface area contributed by atoms with E-state index in [4.69, 9.17) is 9.47 Å². The standard InChI is InChI=1S/C14H15N3O3/c1-9-11(7-16-17(9)2)6-15-14(18)10-3-4-12-13(5-10)20-8-19-12/h3-5,7H,6,8H2,1-2H3,(H,15,18). The van der Waals surface area contributed by atoms with Crippen molar-refractivity contribution < 1.29 is 14.3 Å². The van der Waals surface area contributed by atoms with E-state index in [-0.39, 0.29) is 12.7 Å². The summed E-state index contributed by atoms with van der Waals surface area (Å²) in [5.41, 5.74) is 2.59. The van der Waals surface area contributed by atoms with E-state index >= 15 is 0 Å². The Morgan fingerprint density at radius 3 is 2.95 bits per heavy atom. The van der Waals surface area contributed by atoms with E-state index in [1.54, 1.807) is 29.1 Å². The zero-order chi connectivity index (χ0) is 14.1. The van der Waals surface area contributed by atoms with Crippen LogP contribution in [0.3, 0.4) is 0 Å². The van der Waals surface area contributed by atoms with Gasteiger partial charge in [0.15, 0.2) is 11.5 Å². The number of carbonyl (C=O) groups excluding carboxylic acids is 1. The summed E-state index contributed by atoms with van der Waals surface area (Å²) in [4.78, 5) is 12.1. The van der Waals surface area contributed by atoms with Crippen LogP contribution in [-0.2, 0) is 13.6 Å². The largest absolute Gasteiger partial charge is 0.454 e. The first-order chi connectivity index (χ1) is 9.65. The van der Waals surface area contributed by atoms with Crippen LogP contribution in [0.4, 0.5) is 0 Å². The summed E-state index contributed by atoms with van der Waals surface area (Å²) in [6.45, 7) is 2.62. The first-order valence-electron chi connectivity index (χ1n) is 6.30. The lowest BCUT2D eigenvalue weighted by Crippen LogP contribution is -2.23. The van der Waals surface area contributed by atoms with E-state index in [9.17, 15) is 4.79 Å². The van der Waals surface area contributed by atoms with Gasteiger partial charge in [0.2, 0.25) is 6.79 Å². The minimum atomic E-state index is -0.147. The molecular formula is C14H15N3O3. The van der Waals surface area contributed by atoms with Gasteiger partial charge in [-0.3, -0.25) is 9.48 Å². The number of rotatable bonds is 3. The second-order valence-corrected chi connectivity index (χ2v) is 4.63. The Morgan fingerprint density at radius 2 is 2.20 bits per heavy atom. The predicted octanol–water partition coefficient (Wildman–Crippen LogP) is 1.39. The van der Waals surface area contributed by atoms with E-state index in [2.05, 4.69) is 10.4 Å². The van der Waals surface area contributed by atoms with Gasteiger partial charge in [0.05, 0.1) is 6.20 Å². The molecule has 20 heavy (non-hydrogen) atoms. The summed E-state index contributed by atoms with van der Waals surface area (Å²) in [6, 6.07) is 5.15. The van der Waals surface area contributed by atoms with Gasteiger partial charge in [-0.1, -0.05) is 0 Å². The van der Waals surface area contributed by atoms with Crippen molar-refractivity contribution in [3.63, 3.8) is 0 Å². The molecule has 6 nitrogen and oxygen atoms in total. The SMILES string of the molecule is Cc1c(CNC(=O)c2ccc3c(c2)OCO3)cnn1C. The van der Waals surface area contributed by atoms with Gasteiger partial charge in [0, 0.05) is 30.4 Å². The lowest BCUT2D eigenvalue weighted by Gasteiger charge is -2.06. The Labute approximate surface area is 116 Å². The summed E-state index contributed by atoms with van der Waals surface area (Å²) < 4.78 is 12.3. The molecule has 0 atom stereocenters. The van der Waals surface area contributed by atoms with Crippen molar-refractivity contribution in [3.05, 3.63) is 41.2 Å². The van der Waals surface area contributed by atoms with Crippen molar-refractivity contribution >= 4 is 5.91 Å². The molecule has 6 heteroatoms. The van der Waals surface area contributed by atoms with Crippen LogP contribution in [0.5, 0.6) is 11.5 Å². The molecule has 0 saturated heterocycles. The summed E-state index contributed by atoms with van der Waals surface area (Å²) >= 11 is 0. The van der Waals surface area contributed by atoms with Crippen molar-refractivity contribution in [2.45, 2.75) is 13.5 Å². The maximum absolute atomic E-state index is 12.1. The summed E-state index contributed by atoms with van der Waals surface area (Å²) in [7, 11) is 1.87. The van der Waals surface area contributed by atoms with Crippen molar-refractivity contribution in [2.75, 3.05) is 6.79 Å². The van der Waals surface area contributed by atoms with Gasteiger partial charge in [-0.05, 0) is 25.1 Å². The Bertz CT molecular complexity index is 664. The average Bonchev–Trinajstić information content (AvgIpc) is 3.04. The molecule has 2 aromatic rings. The molecule has 1 aliphatic rings. The molecule has 0 bridgehead atoms. The molecule has 1 amide bonds. The maximum atomic E-state index is 12.1. The number of aryl methyl sites for hydroxylation is 1. The molecule has 0 fully saturated rings. The average molecular weight is 273 g/mol. The van der Waals surface area contributed by atoms with Gasteiger partial charge in [0.1, 0.15) is 0 Å². The second kappa shape index (κ2) is 4.88. The van der Waals surface area contributed by atoms with Crippen LogP contribution >= 0.6 is 0 Å². The van der Waals surface area contributed by atoms with Gasteiger partial charge < -0.3 is 14.8 Å². The van der Waals surface area contributed by atoms with Crippen molar-refractivity contribution in [2.24, 2.45) is 7.05 Å². The molecule has 1 aliphatic heterocycles. The molecule has 2 heterocycles. The smallest absolute Gasteiger partial charge is 0.251 e. The van der Waals surface area contributed by atoms with E-state index in [0.29, 0.717) is 23.6 Å². The van der Waals surface area contributed by atoms with Crippen LogP contribution in [0.1, 0.15) is 21.6 Å². The Hall–Kier alpha value is -2.50. The lowest BCUT2D eigenvalue weighted by molar-refractivity contribution is 0.0950. The molecule has 3 rings (SSSR count).